The lowest BCUT2D eigenvalue weighted by molar-refractivity contribution is -0.128. The second kappa shape index (κ2) is 22.7. The predicted molar refractivity (Wildman–Crippen MR) is 183 cm³/mol. The summed E-state index contributed by atoms with van der Waals surface area (Å²) in [5, 5.41) is 17.3. The Morgan fingerprint density at radius 2 is 1.07 bits per heavy atom. The van der Waals surface area contributed by atoms with E-state index in [1.165, 1.54) is 12.8 Å². The van der Waals surface area contributed by atoms with Gasteiger partial charge in [0.05, 0.1) is 6.04 Å². The van der Waals surface area contributed by atoms with Crippen molar-refractivity contribution in [2.45, 2.75) is 151 Å². The van der Waals surface area contributed by atoms with Crippen LogP contribution in [0.15, 0.2) is 0 Å². The normalized spacial score (nSPS) is 12.6. The quantitative estimate of drug-likeness (QED) is 0.0807. The molecule has 6 N–H and O–H groups in total. The summed E-state index contributed by atoms with van der Waals surface area (Å²) in [6, 6.07) is -0.809. The summed E-state index contributed by atoms with van der Waals surface area (Å²) >= 11 is 0. The van der Waals surface area contributed by atoms with E-state index < -0.39 is 6.09 Å². The van der Waals surface area contributed by atoms with E-state index in [2.05, 4.69) is 52.7 Å². The second-order valence-corrected chi connectivity index (χ2v) is 15.4. The Labute approximate surface area is 274 Å². The number of carbonyl (C=O) groups excluding carboxylic acids is 4. The number of nitrogens with one attached hydrogen (secondary N) is 6. The van der Waals surface area contributed by atoms with Gasteiger partial charge < -0.3 is 36.6 Å². The molecule has 0 aliphatic carbocycles. The van der Waals surface area contributed by atoms with Crippen molar-refractivity contribution in [3.8, 4) is 0 Å². The Bertz CT molecular complexity index is 845. The topological polar surface area (TPSA) is 150 Å². The summed E-state index contributed by atoms with van der Waals surface area (Å²) in [6.45, 7) is 20.6. The van der Waals surface area contributed by atoms with Crippen LogP contribution in [0, 0.1) is 10.8 Å². The Morgan fingerprint density at radius 3 is 1.60 bits per heavy atom. The van der Waals surface area contributed by atoms with E-state index in [-0.39, 0.29) is 41.6 Å². The zero-order chi connectivity index (χ0) is 34.4. The van der Waals surface area contributed by atoms with Crippen molar-refractivity contribution in [3.63, 3.8) is 0 Å². The Balaban J connectivity index is 4.42. The van der Waals surface area contributed by atoms with Crippen LogP contribution in [0.1, 0.15) is 139 Å². The molecule has 0 heterocycles. The fraction of sp³-hybridized carbons (Fsp3) is 0.882. The van der Waals surface area contributed by atoms with Crippen LogP contribution in [-0.4, -0.2) is 68.4 Å². The third-order valence-electron chi connectivity index (χ3n) is 6.98. The molecule has 11 nitrogen and oxygen atoms in total. The van der Waals surface area contributed by atoms with Gasteiger partial charge in [-0.2, -0.15) is 0 Å². The third-order valence-corrected chi connectivity index (χ3v) is 6.98. The Kier molecular flexibility index (Phi) is 21.4. The maximum Gasteiger partial charge on any atom is 0.407 e. The van der Waals surface area contributed by atoms with Crippen molar-refractivity contribution in [3.05, 3.63) is 0 Å². The highest BCUT2D eigenvalue weighted by Gasteiger charge is 2.20. The molecular formula is C34H68N6O5. The van der Waals surface area contributed by atoms with Gasteiger partial charge in [-0.05, 0) is 71.1 Å². The molecule has 0 saturated carbocycles. The molecule has 11 heteroatoms. The predicted octanol–water partition coefficient (Wildman–Crippen LogP) is 6.37. The zero-order valence-corrected chi connectivity index (χ0v) is 30.1. The summed E-state index contributed by atoms with van der Waals surface area (Å²) < 4.78 is 5.44. The number of alkyl carbamates (subject to hydrolysis) is 1. The van der Waals surface area contributed by atoms with Crippen LogP contribution in [0.5, 0.6) is 0 Å². The maximum absolute atomic E-state index is 12.6. The maximum atomic E-state index is 12.6. The lowest BCUT2D eigenvalue weighted by atomic mass is 9.89. The van der Waals surface area contributed by atoms with E-state index in [0.717, 1.165) is 57.8 Å². The molecular weight excluding hydrogens is 572 g/mol. The molecule has 0 aromatic rings. The van der Waals surface area contributed by atoms with Crippen LogP contribution in [0.4, 0.5) is 14.4 Å². The van der Waals surface area contributed by atoms with Crippen molar-refractivity contribution in [2.75, 3.05) is 32.8 Å². The van der Waals surface area contributed by atoms with Crippen LogP contribution in [0.3, 0.4) is 0 Å². The monoisotopic (exact) mass is 641 g/mol. The first-order valence-corrected chi connectivity index (χ1v) is 17.2. The minimum Gasteiger partial charge on any atom is -0.447 e. The second-order valence-electron chi connectivity index (χ2n) is 15.4. The highest BCUT2D eigenvalue weighted by atomic mass is 16.5. The summed E-state index contributed by atoms with van der Waals surface area (Å²) in [5.41, 5.74) is -0.328. The zero-order valence-electron chi connectivity index (χ0n) is 30.1. The highest BCUT2D eigenvalue weighted by Crippen LogP contribution is 2.22. The molecule has 45 heavy (non-hydrogen) atoms. The van der Waals surface area contributed by atoms with Crippen LogP contribution in [-0.2, 0) is 9.53 Å². The van der Waals surface area contributed by atoms with Gasteiger partial charge in [0.2, 0.25) is 5.91 Å². The van der Waals surface area contributed by atoms with Crippen LogP contribution in [0.25, 0.3) is 0 Å². The average molecular weight is 641 g/mol. The number of hydrogen-bond acceptors (Lipinski definition) is 5. The van der Waals surface area contributed by atoms with Crippen LogP contribution in [0.2, 0.25) is 0 Å². The van der Waals surface area contributed by atoms with Crippen LogP contribution >= 0.6 is 0 Å². The van der Waals surface area contributed by atoms with E-state index >= 15 is 0 Å². The van der Waals surface area contributed by atoms with Gasteiger partial charge in [0, 0.05) is 37.1 Å². The molecule has 0 spiro atoms. The summed E-state index contributed by atoms with van der Waals surface area (Å²) in [5.74, 6) is 0.0550. The number of unbranched alkanes of at least 4 members (excludes halogenated alkanes) is 7. The standard InChI is InChI=1S/C34H68N6O5/c1-32(2,3)21-15-10-11-17-23-36-29(42)39-27(20-14-19-24-37-30(43)40-34(7,8)9)26-45-31(44)38-25-18-13-12-16-22-35-28(41)33(4,5)6/h27H,10-26H2,1-9H3,(H,35,41)(H,38,44)(H2,36,39,42)(H2,37,40,43). The van der Waals surface area contributed by atoms with Gasteiger partial charge in [-0.3, -0.25) is 4.79 Å². The first-order chi connectivity index (χ1) is 20.9. The largest absolute Gasteiger partial charge is 0.447 e. The van der Waals surface area contributed by atoms with Crippen molar-refractivity contribution in [2.24, 2.45) is 10.8 Å². The molecule has 0 aromatic heterocycles. The molecule has 264 valence electrons. The van der Waals surface area contributed by atoms with Gasteiger partial charge in [0.25, 0.3) is 0 Å². The minimum absolute atomic E-state index is 0.0550. The fourth-order valence-corrected chi connectivity index (χ4v) is 4.36. The molecule has 0 saturated heterocycles. The number of hydrogen-bond donors (Lipinski definition) is 6. The lowest BCUT2D eigenvalue weighted by Gasteiger charge is -2.21. The Hall–Kier alpha value is -2.72. The van der Waals surface area contributed by atoms with Gasteiger partial charge in [-0.15, -0.1) is 0 Å². The minimum atomic E-state index is -0.504. The highest BCUT2D eigenvalue weighted by molar-refractivity contribution is 5.81. The number of rotatable bonds is 21. The molecule has 0 radical (unpaired) electrons. The molecule has 1 unspecified atom stereocenters. The van der Waals surface area contributed by atoms with Crippen molar-refractivity contribution in [1.29, 1.82) is 0 Å². The average Bonchev–Trinajstić information content (AvgIpc) is 2.89. The number of amides is 6. The third kappa shape index (κ3) is 28.5. The SMILES string of the molecule is CC(C)(C)CCCCCCNC(=O)NC(CCCCNC(=O)NC(C)(C)C)COC(=O)NCCCCCCNC(=O)C(C)(C)C. The van der Waals surface area contributed by atoms with Gasteiger partial charge in [-0.25, -0.2) is 14.4 Å². The van der Waals surface area contributed by atoms with Gasteiger partial charge in [0.1, 0.15) is 6.61 Å². The van der Waals surface area contributed by atoms with Crippen molar-refractivity contribution in [1.82, 2.24) is 31.9 Å². The van der Waals surface area contributed by atoms with E-state index in [1.54, 1.807) is 0 Å². The molecule has 1 atom stereocenters. The lowest BCUT2D eigenvalue weighted by Crippen LogP contribution is -2.46. The first-order valence-electron chi connectivity index (χ1n) is 17.2. The van der Waals surface area contributed by atoms with E-state index in [1.807, 2.05) is 41.5 Å². The molecule has 0 aliphatic heterocycles. The molecule has 0 fully saturated rings. The molecule has 0 bridgehead atoms. The molecule has 6 amide bonds. The fourth-order valence-electron chi connectivity index (χ4n) is 4.36. The molecule has 0 rings (SSSR count). The van der Waals surface area contributed by atoms with Gasteiger partial charge >= 0.3 is 18.2 Å². The summed E-state index contributed by atoms with van der Waals surface area (Å²) in [4.78, 5) is 48.7. The molecule has 0 aromatic carbocycles. The first kappa shape index (κ1) is 42.3. The van der Waals surface area contributed by atoms with E-state index in [4.69, 9.17) is 4.74 Å². The Morgan fingerprint density at radius 1 is 0.578 bits per heavy atom. The van der Waals surface area contributed by atoms with Gasteiger partial charge in [-0.1, -0.05) is 73.6 Å². The summed E-state index contributed by atoms with van der Waals surface area (Å²) in [6.07, 6.45) is 10.8. The number of urea groups is 2. The number of ether oxygens (including phenoxy) is 1. The van der Waals surface area contributed by atoms with Crippen LogP contribution < -0.4 is 31.9 Å². The van der Waals surface area contributed by atoms with E-state index in [9.17, 15) is 19.2 Å². The smallest absolute Gasteiger partial charge is 0.407 e. The van der Waals surface area contributed by atoms with Crippen molar-refractivity contribution < 1.29 is 23.9 Å². The molecule has 0 aliphatic rings. The van der Waals surface area contributed by atoms with Crippen molar-refractivity contribution >= 4 is 24.1 Å². The van der Waals surface area contributed by atoms with E-state index in [0.29, 0.717) is 38.0 Å². The summed E-state index contributed by atoms with van der Waals surface area (Å²) in [7, 11) is 0. The van der Waals surface area contributed by atoms with Gasteiger partial charge in [0.15, 0.2) is 0 Å². The number of carbonyl (C=O) groups is 4.